The highest BCUT2D eigenvalue weighted by Crippen LogP contribution is 2.41. The molecule has 146 valence electrons. The smallest absolute Gasteiger partial charge is 0.187 e. The second-order valence-corrected chi connectivity index (χ2v) is 9.53. The van der Waals surface area contributed by atoms with Crippen molar-refractivity contribution >= 4 is 27.4 Å². The molecule has 1 N–H and O–H groups in total. The van der Waals surface area contributed by atoms with Crippen molar-refractivity contribution in [3.8, 4) is 0 Å². The molecule has 3 aliphatic rings. The van der Waals surface area contributed by atoms with Crippen molar-refractivity contribution in [2.24, 2.45) is 0 Å². The van der Waals surface area contributed by atoms with E-state index in [0.717, 1.165) is 38.7 Å². The standard InChI is InChI=1S/C21H30N4OS/c1-24(15-6-3-2-4-7-15)20-19-16-8-5-9-17(16)27-21(19)23-18(22-20)14-25-10-12-26-13-11-25/h15H,2-14H2,1H3/p+1. The monoisotopic (exact) mass is 387 g/mol. The van der Waals surface area contributed by atoms with Crippen LogP contribution in [-0.4, -0.2) is 49.4 Å². The SMILES string of the molecule is CN(c1nc(C[NH+]2CCOCC2)nc2sc3c(c12)CCC3)C1CCCCC1. The van der Waals surface area contributed by atoms with Crippen LogP contribution in [0.2, 0.25) is 0 Å². The summed E-state index contributed by atoms with van der Waals surface area (Å²) in [5.41, 5.74) is 1.55. The van der Waals surface area contributed by atoms with Gasteiger partial charge in [-0.1, -0.05) is 19.3 Å². The molecule has 0 unspecified atom stereocenters. The molecular weight excluding hydrogens is 356 g/mol. The Morgan fingerprint density at radius 2 is 1.89 bits per heavy atom. The maximum atomic E-state index is 5.52. The summed E-state index contributed by atoms with van der Waals surface area (Å²) in [6.07, 6.45) is 10.4. The molecular formula is C21H31N4OS+. The number of fused-ring (bicyclic) bond motifs is 3. The van der Waals surface area contributed by atoms with E-state index in [4.69, 9.17) is 14.7 Å². The number of ether oxygens (including phenoxy) is 1. The van der Waals surface area contributed by atoms with Crippen LogP contribution in [0.1, 0.15) is 54.8 Å². The highest BCUT2D eigenvalue weighted by molar-refractivity contribution is 7.19. The van der Waals surface area contributed by atoms with Crippen LogP contribution in [0.5, 0.6) is 0 Å². The van der Waals surface area contributed by atoms with E-state index in [9.17, 15) is 0 Å². The van der Waals surface area contributed by atoms with Crippen LogP contribution in [0.3, 0.4) is 0 Å². The molecule has 5 rings (SSSR count). The normalized spacial score (nSPS) is 21.7. The van der Waals surface area contributed by atoms with Crippen molar-refractivity contribution in [3.63, 3.8) is 0 Å². The van der Waals surface area contributed by atoms with Crippen molar-refractivity contribution in [2.75, 3.05) is 38.3 Å². The van der Waals surface area contributed by atoms with E-state index in [-0.39, 0.29) is 0 Å². The Morgan fingerprint density at radius 1 is 1.07 bits per heavy atom. The number of rotatable bonds is 4. The van der Waals surface area contributed by atoms with Crippen molar-refractivity contribution in [1.82, 2.24) is 9.97 Å². The number of hydrogen-bond donors (Lipinski definition) is 1. The summed E-state index contributed by atoms with van der Waals surface area (Å²) in [5.74, 6) is 2.24. The minimum atomic E-state index is 0.636. The molecule has 0 spiro atoms. The van der Waals surface area contributed by atoms with E-state index in [1.54, 1.807) is 15.3 Å². The van der Waals surface area contributed by atoms with Crippen LogP contribution in [0.15, 0.2) is 0 Å². The second kappa shape index (κ2) is 7.64. The number of nitrogens with zero attached hydrogens (tertiary/aromatic N) is 3. The lowest BCUT2D eigenvalue weighted by Crippen LogP contribution is -3.12. The van der Waals surface area contributed by atoms with Gasteiger partial charge in [-0.3, -0.25) is 0 Å². The average Bonchev–Trinajstić information content (AvgIpc) is 3.29. The van der Waals surface area contributed by atoms with Crippen LogP contribution in [0.25, 0.3) is 10.2 Å². The topological polar surface area (TPSA) is 42.7 Å². The fourth-order valence-electron chi connectivity index (χ4n) is 5.06. The van der Waals surface area contributed by atoms with E-state index in [2.05, 4.69) is 11.9 Å². The fraction of sp³-hybridized carbons (Fsp3) is 0.714. The molecule has 0 amide bonds. The highest BCUT2D eigenvalue weighted by atomic mass is 32.1. The largest absolute Gasteiger partial charge is 0.370 e. The number of quaternary nitrogens is 1. The fourth-order valence-corrected chi connectivity index (χ4v) is 6.33. The van der Waals surface area contributed by atoms with Gasteiger partial charge in [0, 0.05) is 18.0 Å². The van der Waals surface area contributed by atoms with Crippen LogP contribution < -0.4 is 9.80 Å². The Kier molecular flexibility index (Phi) is 5.05. The minimum Gasteiger partial charge on any atom is -0.370 e. The number of morpholine rings is 1. The van der Waals surface area contributed by atoms with Gasteiger partial charge in [-0.05, 0) is 37.7 Å². The first-order valence-electron chi connectivity index (χ1n) is 10.7. The Labute approximate surface area is 165 Å². The molecule has 0 aromatic carbocycles. The van der Waals surface area contributed by atoms with Gasteiger partial charge in [0.1, 0.15) is 30.3 Å². The molecule has 0 atom stereocenters. The van der Waals surface area contributed by atoms with Gasteiger partial charge in [0.2, 0.25) is 0 Å². The molecule has 0 bridgehead atoms. The van der Waals surface area contributed by atoms with Crippen LogP contribution >= 0.6 is 11.3 Å². The number of aryl methyl sites for hydroxylation is 2. The van der Waals surface area contributed by atoms with Crippen LogP contribution in [0, 0.1) is 0 Å². The second-order valence-electron chi connectivity index (χ2n) is 8.44. The van der Waals surface area contributed by atoms with Gasteiger partial charge >= 0.3 is 0 Å². The van der Waals surface area contributed by atoms with Gasteiger partial charge < -0.3 is 14.5 Å². The molecule has 2 fully saturated rings. The summed E-state index contributed by atoms with van der Waals surface area (Å²) in [4.78, 5) is 17.1. The zero-order valence-corrected chi connectivity index (χ0v) is 17.2. The lowest BCUT2D eigenvalue weighted by atomic mass is 9.94. The molecule has 0 radical (unpaired) electrons. The highest BCUT2D eigenvalue weighted by Gasteiger charge is 2.28. The molecule has 6 heteroatoms. The third kappa shape index (κ3) is 3.47. The Morgan fingerprint density at radius 3 is 2.70 bits per heavy atom. The number of aromatic nitrogens is 2. The van der Waals surface area contributed by atoms with Gasteiger partial charge in [-0.2, -0.15) is 0 Å². The molecule has 2 aliphatic carbocycles. The summed E-state index contributed by atoms with van der Waals surface area (Å²) in [5, 5.41) is 1.38. The summed E-state index contributed by atoms with van der Waals surface area (Å²) < 4.78 is 5.52. The predicted molar refractivity (Wildman–Crippen MR) is 110 cm³/mol. The van der Waals surface area contributed by atoms with E-state index in [1.807, 2.05) is 11.3 Å². The third-order valence-electron chi connectivity index (χ3n) is 6.66. The first kappa shape index (κ1) is 17.8. The van der Waals surface area contributed by atoms with E-state index >= 15 is 0 Å². The first-order chi connectivity index (χ1) is 13.3. The van der Waals surface area contributed by atoms with Crippen LogP contribution in [0.4, 0.5) is 5.82 Å². The van der Waals surface area contributed by atoms with Crippen molar-refractivity contribution in [3.05, 3.63) is 16.3 Å². The quantitative estimate of drug-likeness (QED) is 0.875. The van der Waals surface area contributed by atoms with Gasteiger partial charge in [0.05, 0.1) is 18.6 Å². The predicted octanol–water partition coefficient (Wildman–Crippen LogP) is 2.36. The molecule has 1 saturated carbocycles. The van der Waals surface area contributed by atoms with E-state index < -0.39 is 0 Å². The maximum Gasteiger partial charge on any atom is 0.187 e. The van der Waals surface area contributed by atoms with Crippen molar-refractivity contribution in [2.45, 2.75) is 64.0 Å². The number of hydrogen-bond acceptors (Lipinski definition) is 5. The third-order valence-corrected chi connectivity index (χ3v) is 7.84. The Hall–Kier alpha value is -1.24. The van der Waals surface area contributed by atoms with E-state index in [0.29, 0.717) is 6.04 Å². The molecule has 5 nitrogen and oxygen atoms in total. The van der Waals surface area contributed by atoms with E-state index in [1.165, 1.54) is 67.4 Å². The van der Waals surface area contributed by atoms with Crippen LogP contribution in [-0.2, 0) is 24.1 Å². The summed E-state index contributed by atoms with van der Waals surface area (Å²) in [6.45, 7) is 4.78. The lowest BCUT2D eigenvalue weighted by molar-refractivity contribution is -0.922. The van der Waals surface area contributed by atoms with Gasteiger partial charge in [0.25, 0.3) is 0 Å². The van der Waals surface area contributed by atoms with Gasteiger partial charge in [0.15, 0.2) is 5.82 Å². The van der Waals surface area contributed by atoms with Crippen molar-refractivity contribution < 1.29 is 9.64 Å². The zero-order valence-electron chi connectivity index (χ0n) is 16.4. The molecule has 2 aromatic rings. The number of thiophene rings is 1. The zero-order chi connectivity index (χ0) is 18.2. The molecule has 2 aromatic heterocycles. The lowest BCUT2D eigenvalue weighted by Gasteiger charge is -2.33. The summed E-state index contributed by atoms with van der Waals surface area (Å²) in [7, 11) is 2.28. The minimum absolute atomic E-state index is 0.636. The van der Waals surface area contributed by atoms with Gasteiger partial charge in [-0.25, -0.2) is 9.97 Å². The molecule has 27 heavy (non-hydrogen) atoms. The van der Waals surface area contributed by atoms with Gasteiger partial charge in [-0.15, -0.1) is 11.3 Å². The number of nitrogens with one attached hydrogen (secondary N) is 1. The average molecular weight is 388 g/mol. The first-order valence-corrected chi connectivity index (χ1v) is 11.6. The maximum absolute atomic E-state index is 5.52. The Bertz CT molecular complexity index is 808. The Balaban J connectivity index is 1.53. The van der Waals surface area contributed by atoms with Crippen molar-refractivity contribution in [1.29, 1.82) is 0 Å². The molecule has 3 heterocycles. The molecule has 1 saturated heterocycles. The number of anilines is 1. The summed E-state index contributed by atoms with van der Waals surface area (Å²) >= 11 is 1.93. The molecule has 1 aliphatic heterocycles. The summed E-state index contributed by atoms with van der Waals surface area (Å²) in [6, 6.07) is 0.636.